The van der Waals surface area contributed by atoms with E-state index in [9.17, 15) is 10.1 Å². The Balaban J connectivity index is 2.61. The average molecular weight is 305 g/mol. The van der Waals surface area contributed by atoms with E-state index >= 15 is 0 Å². The lowest BCUT2D eigenvalue weighted by molar-refractivity contribution is -0.386. The lowest BCUT2D eigenvalue weighted by Crippen LogP contribution is -2.12. The second-order valence-corrected chi connectivity index (χ2v) is 4.42. The summed E-state index contributed by atoms with van der Waals surface area (Å²) in [6, 6.07) is 1.35. The van der Waals surface area contributed by atoms with E-state index in [0.29, 0.717) is 11.1 Å². The maximum atomic E-state index is 10.7. The number of aromatic nitrogens is 1. The summed E-state index contributed by atoms with van der Waals surface area (Å²) in [4.78, 5) is 14.1. The summed E-state index contributed by atoms with van der Waals surface area (Å²) < 4.78 is 11.0. The molecule has 0 spiro atoms. The number of nitro groups is 1. The van der Waals surface area contributed by atoms with Gasteiger partial charge in [-0.15, -0.1) is 0 Å². The molecule has 7 heteroatoms. The minimum Gasteiger partial charge on any atom is -0.470 e. The van der Waals surface area contributed by atoms with Crippen molar-refractivity contribution in [1.82, 2.24) is 4.98 Å². The van der Waals surface area contributed by atoms with Gasteiger partial charge in [-0.2, -0.15) is 0 Å². The van der Waals surface area contributed by atoms with E-state index in [1.54, 1.807) is 0 Å². The van der Waals surface area contributed by atoms with Gasteiger partial charge in [0.1, 0.15) is 6.61 Å². The van der Waals surface area contributed by atoms with Crippen LogP contribution in [0.15, 0.2) is 16.7 Å². The van der Waals surface area contributed by atoms with Gasteiger partial charge in [-0.05, 0) is 29.8 Å². The monoisotopic (exact) mass is 304 g/mol. The summed E-state index contributed by atoms with van der Waals surface area (Å²) in [5.41, 5.74) is -0.163. The fourth-order valence-electron chi connectivity index (χ4n) is 1.08. The summed E-state index contributed by atoms with van der Waals surface area (Å²) in [6.45, 7) is 4.40. The molecule has 1 heterocycles. The molecule has 1 aromatic rings. The smallest absolute Gasteiger partial charge is 0.332 e. The van der Waals surface area contributed by atoms with Crippen LogP contribution >= 0.6 is 15.9 Å². The summed E-state index contributed by atoms with van der Waals surface area (Å²) in [5, 5.41) is 10.7. The highest BCUT2D eigenvalue weighted by Gasteiger charge is 2.17. The molecule has 0 aliphatic carbocycles. The summed E-state index contributed by atoms with van der Waals surface area (Å²) in [7, 11) is 0. The highest BCUT2D eigenvalue weighted by Crippen LogP contribution is 2.27. The molecule has 1 aromatic heterocycles. The van der Waals surface area contributed by atoms with E-state index in [0.717, 1.165) is 0 Å². The van der Waals surface area contributed by atoms with Crippen molar-refractivity contribution in [2.75, 3.05) is 13.2 Å². The Morgan fingerprint density at radius 3 is 2.82 bits per heavy atom. The minimum absolute atomic E-state index is 0.00514. The highest BCUT2D eigenvalue weighted by molar-refractivity contribution is 9.10. The number of pyridine rings is 1. The number of halogens is 1. The van der Waals surface area contributed by atoms with E-state index in [-0.39, 0.29) is 24.3 Å². The van der Waals surface area contributed by atoms with Crippen LogP contribution in [0, 0.1) is 10.1 Å². The van der Waals surface area contributed by atoms with Crippen LogP contribution in [0.5, 0.6) is 5.88 Å². The van der Waals surface area contributed by atoms with Crippen molar-refractivity contribution in [2.45, 2.75) is 20.0 Å². The topological polar surface area (TPSA) is 74.5 Å². The van der Waals surface area contributed by atoms with Gasteiger partial charge in [-0.3, -0.25) is 10.1 Å². The Morgan fingerprint density at radius 2 is 2.24 bits per heavy atom. The molecule has 0 bridgehead atoms. The second-order valence-electron chi connectivity index (χ2n) is 3.50. The van der Waals surface area contributed by atoms with E-state index in [4.69, 9.17) is 9.47 Å². The molecule has 0 aliphatic heterocycles. The molecular weight excluding hydrogens is 292 g/mol. The third-order valence-corrected chi connectivity index (χ3v) is 2.20. The van der Waals surface area contributed by atoms with Crippen LogP contribution < -0.4 is 4.74 Å². The van der Waals surface area contributed by atoms with Crippen molar-refractivity contribution in [2.24, 2.45) is 0 Å². The van der Waals surface area contributed by atoms with E-state index in [1.165, 1.54) is 12.3 Å². The number of nitrogens with zero attached hydrogens (tertiary/aromatic N) is 2. The fraction of sp³-hybridized carbons (Fsp3) is 0.500. The molecule has 0 unspecified atom stereocenters. The maximum absolute atomic E-state index is 10.7. The van der Waals surface area contributed by atoms with E-state index in [1.807, 2.05) is 13.8 Å². The molecule has 6 nitrogen and oxygen atoms in total. The predicted molar refractivity (Wildman–Crippen MR) is 65.2 cm³/mol. The average Bonchev–Trinajstić information content (AvgIpc) is 2.25. The number of ether oxygens (including phenoxy) is 2. The highest BCUT2D eigenvalue weighted by atomic mass is 79.9. The standard InChI is InChI=1S/C10H13BrN2O4/c1-7(2)16-3-4-17-10-9(13(14)15)5-8(11)6-12-10/h5-7H,3-4H2,1-2H3. The lowest BCUT2D eigenvalue weighted by Gasteiger charge is -2.08. The van der Waals surface area contributed by atoms with E-state index in [2.05, 4.69) is 20.9 Å². The van der Waals surface area contributed by atoms with Crippen LogP contribution in [-0.4, -0.2) is 29.2 Å². The van der Waals surface area contributed by atoms with Gasteiger partial charge in [0, 0.05) is 16.7 Å². The zero-order valence-corrected chi connectivity index (χ0v) is 11.1. The maximum Gasteiger partial charge on any atom is 0.332 e. The molecule has 1 rings (SSSR count). The van der Waals surface area contributed by atoms with Crippen molar-refractivity contribution in [1.29, 1.82) is 0 Å². The van der Waals surface area contributed by atoms with Crippen LogP contribution in [0.25, 0.3) is 0 Å². The molecule has 0 atom stereocenters. The Labute approximate surface area is 107 Å². The van der Waals surface area contributed by atoms with Crippen molar-refractivity contribution in [3.8, 4) is 5.88 Å². The summed E-state index contributed by atoms with van der Waals surface area (Å²) in [5.74, 6) is 0.00514. The zero-order valence-electron chi connectivity index (χ0n) is 9.55. The SMILES string of the molecule is CC(C)OCCOc1ncc(Br)cc1[N+](=O)[O-]. The van der Waals surface area contributed by atoms with Crippen LogP contribution in [0.2, 0.25) is 0 Å². The Hall–Kier alpha value is -1.21. The van der Waals surface area contributed by atoms with Crippen LogP contribution in [0.4, 0.5) is 5.69 Å². The zero-order chi connectivity index (χ0) is 12.8. The van der Waals surface area contributed by atoms with Gasteiger partial charge in [-0.1, -0.05) is 0 Å². The molecular formula is C10H13BrN2O4. The number of hydrogen-bond acceptors (Lipinski definition) is 5. The Kier molecular flexibility index (Phi) is 5.30. The number of rotatable bonds is 6. The third kappa shape index (κ3) is 4.66. The van der Waals surface area contributed by atoms with E-state index < -0.39 is 4.92 Å². The first-order chi connectivity index (χ1) is 8.00. The first-order valence-corrected chi connectivity index (χ1v) is 5.84. The van der Waals surface area contributed by atoms with Gasteiger partial charge < -0.3 is 9.47 Å². The molecule has 0 aliphatic rings. The van der Waals surface area contributed by atoms with Gasteiger partial charge >= 0.3 is 5.69 Å². The van der Waals surface area contributed by atoms with Crippen molar-refractivity contribution < 1.29 is 14.4 Å². The molecule has 0 amide bonds. The lowest BCUT2D eigenvalue weighted by atomic mass is 10.4. The molecule has 17 heavy (non-hydrogen) atoms. The number of hydrogen-bond donors (Lipinski definition) is 0. The molecule has 0 radical (unpaired) electrons. The summed E-state index contributed by atoms with van der Waals surface area (Å²) in [6.07, 6.45) is 1.55. The first kappa shape index (κ1) is 13.9. The van der Waals surface area contributed by atoms with Crippen molar-refractivity contribution >= 4 is 21.6 Å². The van der Waals surface area contributed by atoms with Gasteiger partial charge in [-0.25, -0.2) is 4.98 Å². The fourth-order valence-corrected chi connectivity index (χ4v) is 1.40. The second kappa shape index (κ2) is 6.51. The van der Waals surface area contributed by atoms with Gasteiger partial charge in [0.05, 0.1) is 17.6 Å². The largest absolute Gasteiger partial charge is 0.470 e. The van der Waals surface area contributed by atoms with Crippen LogP contribution in [0.3, 0.4) is 0 Å². The quantitative estimate of drug-likeness (QED) is 0.459. The van der Waals surface area contributed by atoms with Crippen LogP contribution in [-0.2, 0) is 4.74 Å². The van der Waals surface area contributed by atoms with Crippen molar-refractivity contribution in [3.05, 3.63) is 26.9 Å². The molecule has 0 saturated carbocycles. The van der Waals surface area contributed by atoms with Crippen LogP contribution in [0.1, 0.15) is 13.8 Å². The van der Waals surface area contributed by atoms with Crippen molar-refractivity contribution in [3.63, 3.8) is 0 Å². The minimum atomic E-state index is -0.531. The Bertz CT molecular complexity index is 398. The normalized spacial score (nSPS) is 10.6. The third-order valence-electron chi connectivity index (χ3n) is 1.77. The molecule has 0 fully saturated rings. The molecule has 0 saturated heterocycles. The van der Waals surface area contributed by atoms with Gasteiger partial charge in [0.15, 0.2) is 0 Å². The Morgan fingerprint density at radius 1 is 1.53 bits per heavy atom. The first-order valence-electron chi connectivity index (χ1n) is 5.05. The predicted octanol–water partition coefficient (Wildman–Crippen LogP) is 2.56. The molecule has 94 valence electrons. The summed E-state index contributed by atoms with van der Waals surface area (Å²) >= 11 is 3.12. The van der Waals surface area contributed by atoms with Gasteiger partial charge in [0.25, 0.3) is 5.88 Å². The molecule has 0 aromatic carbocycles. The van der Waals surface area contributed by atoms with Gasteiger partial charge in [0.2, 0.25) is 0 Å². The molecule has 0 N–H and O–H groups in total.